The summed E-state index contributed by atoms with van der Waals surface area (Å²) in [5, 5.41) is 20.6. The molecule has 24 aromatic rings. The Labute approximate surface area is 771 Å². The van der Waals surface area contributed by atoms with Gasteiger partial charge in [-0.05, 0) is 203 Å². The summed E-state index contributed by atoms with van der Waals surface area (Å²) in [5.41, 5.74) is 31.1. The molecular weight excluding hydrogens is 1620 g/mol. The van der Waals surface area contributed by atoms with E-state index >= 15 is 0 Å². The highest BCUT2D eigenvalue weighted by Crippen LogP contribution is 2.43. The maximum absolute atomic E-state index is 4.81. The summed E-state index contributed by atoms with van der Waals surface area (Å²) < 4.78 is 13.9. The van der Waals surface area contributed by atoms with Crippen LogP contribution < -0.4 is 4.90 Å². The van der Waals surface area contributed by atoms with E-state index in [1.54, 1.807) is 0 Å². The van der Waals surface area contributed by atoms with Gasteiger partial charge in [0.15, 0.2) is 11.6 Å². The predicted molar refractivity (Wildman–Crippen MR) is 564 cm³/mol. The molecule has 0 spiro atoms. The molecule has 0 bridgehead atoms. The minimum Gasteiger partial charge on any atom is -0.310 e. The van der Waals surface area contributed by atoms with Gasteiger partial charge in [0.2, 0.25) is 0 Å². The summed E-state index contributed by atoms with van der Waals surface area (Å²) in [4.78, 5) is 2.34. The van der Waals surface area contributed by atoms with E-state index in [1.807, 2.05) is 36.4 Å². The van der Waals surface area contributed by atoms with Crippen LogP contribution in [0, 0.1) is 0 Å². The first-order chi connectivity index (χ1) is 65.0. The number of rotatable bonds is 15. The third-order valence-electron chi connectivity index (χ3n) is 25.3. The molecule has 0 aliphatic carbocycles. The van der Waals surface area contributed by atoms with Gasteiger partial charge in [-0.3, -0.25) is 4.57 Å². The van der Waals surface area contributed by atoms with E-state index in [2.05, 4.69) is 510 Å². The molecule has 0 aliphatic rings. The lowest BCUT2D eigenvalue weighted by Crippen LogP contribution is -2.10. The molecule has 6 aromatic heterocycles. The highest BCUT2D eigenvalue weighted by molar-refractivity contribution is 7.19. The molecule has 0 saturated carbocycles. The van der Waals surface area contributed by atoms with Crippen molar-refractivity contribution >= 4 is 144 Å². The third-order valence-corrected chi connectivity index (χ3v) is 25.3. The Bertz CT molecular complexity index is 7820. The van der Waals surface area contributed by atoms with Crippen LogP contribution in [0.4, 0.5) is 17.1 Å². The normalized spacial score (nSPS) is 11.5. The molecule has 0 fully saturated rings. The fourth-order valence-electron chi connectivity index (χ4n) is 19.1. The minimum atomic E-state index is 0.108. The molecular formula is C121H93BN9P. The van der Waals surface area contributed by atoms with Crippen molar-refractivity contribution in [2.24, 2.45) is 0 Å². The van der Waals surface area contributed by atoms with Crippen molar-refractivity contribution < 1.29 is 0 Å². The second-order valence-corrected chi connectivity index (χ2v) is 34.5. The number of anilines is 3. The first-order valence-electron chi connectivity index (χ1n) is 44.8. The van der Waals surface area contributed by atoms with Crippen LogP contribution in [-0.2, 0) is 5.41 Å². The summed E-state index contributed by atoms with van der Waals surface area (Å²) in [7, 11) is 7.17. The van der Waals surface area contributed by atoms with Crippen LogP contribution in [0.2, 0.25) is 0 Å². The van der Waals surface area contributed by atoms with E-state index in [-0.39, 0.29) is 5.41 Å². The van der Waals surface area contributed by atoms with Crippen LogP contribution in [0.25, 0.3) is 189 Å². The molecule has 24 rings (SSSR count). The molecule has 0 saturated heterocycles. The fraction of sp³-hybridized carbons (Fsp3) is 0.0413. The Hall–Kier alpha value is -16.4. The van der Waals surface area contributed by atoms with Crippen LogP contribution in [0.5, 0.6) is 0 Å². The van der Waals surface area contributed by atoms with Crippen molar-refractivity contribution in [3.05, 3.63) is 479 Å². The summed E-state index contributed by atoms with van der Waals surface area (Å²) in [5.74, 6) is 1.67. The Kier molecular flexibility index (Phi) is 22.3. The predicted octanol–water partition coefficient (Wildman–Crippen LogP) is 31.7. The van der Waals surface area contributed by atoms with Gasteiger partial charge in [0, 0.05) is 116 Å². The Balaban J connectivity index is 0.000000123. The van der Waals surface area contributed by atoms with E-state index < -0.39 is 0 Å². The third kappa shape index (κ3) is 15.2. The quantitative estimate of drug-likeness (QED) is 0.0759. The first-order valence-corrected chi connectivity index (χ1v) is 45.6. The van der Waals surface area contributed by atoms with Crippen LogP contribution in [0.1, 0.15) is 37.6 Å². The highest BCUT2D eigenvalue weighted by Gasteiger charge is 2.24. The summed E-state index contributed by atoms with van der Waals surface area (Å²) in [6, 6.07) is 161. The topological polar surface area (TPSA) is 58.6 Å². The van der Waals surface area contributed by atoms with Gasteiger partial charge in [-0.1, -0.05) is 331 Å². The van der Waals surface area contributed by atoms with Crippen molar-refractivity contribution in [3.8, 4) is 79.2 Å². The standard InChI is InChI=1S/C54H38N4.C36H24N2.C30H27N3.CH4BP/c1-3-43-44-15-5-10-20-50(44)56(49(43)4-2)40-31-25-37(26-32-40)55(38-27-33-41(34-28-38)57-51-21-11-6-16-45(51)46-17-7-12-22-52(46)57)39-29-35-42(36-30-39)58-53-23-13-8-18-47(53)48-19-9-14-24-54(48)58;1-5-13-33-29(9-1)30-10-2-6-14-34(30)37(33)27-21-17-25(18-22-27)26-19-23-28(24-20-26)38-35-15-7-3-11-31(35)32-12-4-8-16-36(32)38;1-30(2,3)26-20-18-25(19-21-26)29-32-31-28(33(29)27-12-8-5-9-13-27)24-16-14-23(15-17-24)22-10-6-4-7-11-22;2-1-3/h3-36H,1-2H2;1-24H;4-21H,1-3H3;1,3H2. The lowest BCUT2D eigenvalue weighted by atomic mass is 9.86. The van der Waals surface area contributed by atoms with Gasteiger partial charge in [-0.25, -0.2) is 0 Å². The fourth-order valence-corrected chi connectivity index (χ4v) is 19.1. The molecule has 630 valence electrons. The van der Waals surface area contributed by atoms with Crippen molar-refractivity contribution in [2.75, 3.05) is 11.0 Å². The maximum Gasteiger partial charge on any atom is 0.168 e. The molecule has 0 amide bonds. The van der Waals surface area contributed by atoms with Crippen molar-refractivity contribution in [3.63, 3.8) is 0 Å². The van der Waals surface area contributed by atoms with Gasteiger partial charge in [0.25, 0.3) is 0 Å². The van der Waals surface area contributed by atoms with E-state index in [9.17, 15) is 0 Å². The van der Waals surface area contributed by atoms with Crippen LogP contribution in [0.3, 0.4) is 0 Å². The average Bonchev–Trinajstić information content (AvgIpc) is 1.60. The van der Waals surface area contributed by atoms with Crippen molar-refractivity contribution in [2.45, 2.75) is 26.2 Å². The SMILES string of the molecule is C=Cc1c(C=C)n(-c2ccc(N(c3ccc(-n4c5ccccc5c5ccccc54)cc3)c3ccc(-n4c5ccccc5c5ccccc54)cc3)cc2)c2ccccc12.CC(C)(C)c1ccc(-c2nnc(-c3ccc(-c4ccccc4)cc3)n2-c2ccccc2)cc1.[B]CP.c1ccc2c(c1)c1ccccc1n2-c1ccc(-c2ccc(-n3c4ccccc4c4ccccc43)cc2)cc1. The largest absolute Gasteiger partial charge is 0.310 e. The molecule has 0 aliphatic heterocycles. The smallest absolute Gasteiger partial charge is 0.168 e. The van der Waals surface area contributed by atoms with Crippen LogP contribution in [-0.4, -0.2) is 51.5 Å². The van der Waals surface area contributed by atoms with Gasteiger partial charge >= 0.3 is 0 Å². The lowest BCUT2D eigenvalue weighted by molar-refractivity contribution is 0.590. The zero-order chi connectivity index (χ0) is 89.3. The van der Waals surface area contributed by atoms with Gasteiger partial charge in [0.05, 0.1) is 63.2 Å². The monoisotopic (exact) mass is 1710 g/mol. The zero-order valence-corrected chi connectivity index (χ0v) is 74.8. The molecule has 18 aromatic carbocycles. The minimum absolute atomic E-state index is 0.108. The van der Waals surface area contributed by atoms with E-state index in [0.29, 0.717) is 6.06 Å². The van der Waals surface area contributed by atoms with Crippen molar-refractivity contribution in [1.29, 1.82) is 0 Å². The Morgan fingerprint density at radius 3 is 0.758 bits per heavy atom. The maximum atomic E-state index is 4.81. The molecule has 11 heteroatoms. The second kappa shape index (κ2) is 35.7. The second-order valence-electron chi connectivity index (χ2n) is 34.0. The van der Waals surface area contributed by atoms with E-state index in [4.69, 9.17) is 7.85 Å². The van der Waals surface area contributed by atoms with Gasteiger partial charge in [0.1, 0.15) is 0 Å². The molecule has 6 heterocycles. The number of para-hydroxylation sites is 10. The van der Waals surface area contributed by atoms with Gasteiger partial charge < -0.3 is 27.7 Å². The number of benzene rings is 18. The van der Waals surface area contributed by atoms with Crippen molar-refractivity contribution in [1.82, 2.24) is 37.6 Å². The highest BCUT2D eigenvalue weighted by atomic mass is 31.0. The average molecular weight is 1710 g/mol. The lowest BCUT2D eigenvalue weighted by Gasteiger charge is -2.26. The number of hydrogen-bond donors (Lipinski definition) is 0. The number of fused-ring (bicyclic) bond motifs is 13. The molecule has 0 N–H and O–H groups in total. The molecule has 1 atom stereocenters. The van der Waals surface area contributed by atoms with Crippen LogP contribution in [0.15, 0.2) is 462 Å². The number of aromatic nitrogens is 8. The van der Waals surface area contributed by atoms with E-state index in [1.165, 1.54) is 126 Å². The molecule has 1 unspecified atom stereocenters. The summed E-state index contributed by atoms with van der Waals surface area (Å²) >= 11 is 0. The Morgan fingerprint density at radius 2 is 0.470 bits per heavy atom. The first kappa shape index (κ1) is 82.6. The van der Waals surface area contributed by atoms with E-state index in [0.717, 1.165) is 84.7 Å². The molecule has 9 nitrogen and oxygen atoms in total. The number of hydrogen-bond acceptors (Lipinski definition) is 3. The van der Waals surface area contributed by atoms with Gasteiger partial charge in [-0.15, -0.1) is 19.4 Å². The Morgan fingerprint density at radius 1 is 0.250 bits per heavy atom. The zero-order valence-electron chi connectivity index (χ0n) is 73.7. The van der Waals surface area contributed by atoms with Gasteiger partial charge in [-0.2, -0.15) is 0 Å². The number of nitrogens with zero attached hydrogens (tertiary/aromatic N) is 9. The summed E-state index contributed by atoms with van der Waals surface area (Å²) in [6.45, 7) is 15.0. The van der Waals surface area contributed by atoms with Crippen LogP contribution >= 0.6 is 9.24 Å². The molecule has 2 radical (unpaired) electrons. The summed E-state index contributed by atoms with van der Waals surface area (Å²) in [6.07, 6.45) is 3.85. The molecule has 132 heavy (non-hydrogen) atoms.